The van der Waals surface area contributed by atoms with E-state index >= 15 is 0 Å². The second-order valence-corrected chi connectivity index (χ2v) is 11.4. The van der Waals surface area contributed by atoms with Gasteiger partial charge >= 0.3 is 5.69 Å². The number of fused-ring (bicyclic) bond motifs is 1. The number of carbonyl (C=O) groups excluding carboxylic acids is 1. The first-order chi connectivity index (χ1) is 16.7. The predicted octanol–water partition coefficient (Wildman–Crippen LogP) is 2.60. The molecule has 3 heterocycles. The van der Waals surface area contributed by atoms with E-state index in [1.807, 2.05) is 38.1 Å². The molecule has 2 fully saturated rings. The molecule has 0 bridgehead atoms. The maximum atomic E-state index is 13.3. The van der Waals surface area contributed by atoms with Crippen molar-refractivity contribution < 1.29 is 17.9 Å². The second kappa shape index (κ2) is 9.25. The Morgan fingerprint density at radius 3 is 2.40 bits per heavy atom. The summed E-state index contributed by atoms with van der Waals surface area (Å²) in [6.45, 7) is 5.26. The zero-order chi connectivity index (χ0) is 24.7. The van der Waals surface area contributed by atoms with Crippen molar-refractivity contribution in [3.8, 4) is 0 Å². The third-order valence-corrected chi connectivity index (χ3v) is 8.67. The molecule has 9 nitrogen and oxygen atoms in total. The summed E-state index contributed by atoms with van der Waals surface area (Å²) in [6.07, 6.45) is 0.915. The molecule has 186 valence electrons. The van der Waals surface area contributed by atoms with E-state index in [1.165, 1.54) is 16.4 Å². The van der Waals surface area contributed by atoms with Crippen molar-refractivity contribution in [2.45, 2.75) is 49.8 Å². The molecule has 2 aliphatic rings. The van der Waals surface area contributed by atoms with E-state index in [-0.39, 0.29) is 47.8 Å². The number of aromatic amines is 1. The molecule has 3 aromatic rings. The monoisotopic (exact) mass is 498 g/mol. The van der Waals surface area contributed by atoms with Crippen LogP contribution in [0.25, 0.3) is 11.0 Å². The lowest BCUT2D eigenvalue weighted by Crippen LogP contribution is -2.48. The number of hydrogen-bond donors (Lipinski definition) is 1. The van der Waals surface area contributed by atoms with Crippen molar-refractivity contribution in [3.05, 3.63) is 64.6 Å². The molecular weight excluding hydrogens is 468 g/mol. The van der Waals surface area contributed by atoms with E-state index in [1.54, 1.807) is 21.6 Å². The van der Waals surface area contributed by atoms with E-state index in [9.17, 15) is 18.0 Å². The number of likely N-dealkylation sites (tertiary alicyclic amines) is 1. The molecule has 0 saturated carbocycles. The number of H-pyrrole nitrogens is 1. The number of morpholine rings is 1. The van der Waals surface area contributed by atoms with Crippen molar-refractivity contribution in [2.24, 2.45) is 0 Å². The summed E-state index contributed by atoms with van der Waals surface area (Å²) in [4.78, 5) is 30.5. The number of piperidine rings is 1. The highest BCUT2D eigenvalue weighted by Crippen LogP contribution is 2.27. The van der Waals surface area contributed by atoms with Gasteiger partial charge < -0.3 is 14.6 Å². The Morgan fingerprint density at radius 2 is 1.69 bits per heavy atom. The van der Waals surface area contributed by atoms with Gasteiger partial charge in [-0.25, -0.2) is 13.2 Å². The highest BCUT2D eigenvalue weighted by Gasteiger charge is 2.33. The van der Waals surface area contributed by atoms with Gasteiger partial charge in [-0.3, -0.25) is 9.36 Å². The number of carbonyl (C=O) groups is 1. The maximum absolute atomic E-state index is 13.3. The van der Waals surface area contributed by atoms with Gasteiger partial charge in [0.15, 0.2) is 0 Å². The number of amides is 1. The second-order valence-electron chi connectivity index (χ2n) is 9.45. The van der Waals surface area contributed by atoms with Crippen molar-refractivity contribution >= 4 is 27.0 Å². The summed E-state index contributed by atoms with van der Waals surface area (Å²) in [5.74, 6) is -0.199. The van der Waals surface area contributed by atoms with Crippen LogP contribution in [0.15, 0.2) is 58.2 Å². The van der Waals surface area contributed by atoms with Crippen LogP contribution in [0.4, 0.5) is 0 Å². The Kier molecular flexibility index (Phi) is 6.29. The van der Waals surface area contributed by atoms with E-state index in [2.05, 4.69) is 4.98 Å². The van der Waals surface area contributed by atoms with Crippen LogP contribution in [0.3, 0.4) is 0 Å². The minimum absolute atomic E-state index is 0.000267. The lowest BCUT2D eigenvalue weighted by atomic mass is 10.0. The highest BCUT2D eigenvalue weighted by atomic mass is 32.2. The summed E-state index contributed by atoms with van der Waals surface area (Å²) < 4.78 is 35.4. The molecule has 0 radical (unpaired) electrons. The zero-order valence-electron chi connectivity index (χ0n) is 19.9. The molecule has 35 heavy (non-hydrogen) atoms. The third kappa shape index (κ3) is 4.53. The number of para-hydroxylation sites is 2. The first-order valence-corrected chi connectivity index (χ1v) is 13.4. The van der Waals surface area contributed by atoms with Crippen LogP contribution in [-0.2, 0) is 14.8 Å². The number of nitrogens with zero attached hydrogens (tertiary/aromatic N) is 3. The standard InChI is InChI=1S/C25H30N4O5S/c1-17-15-28(16-18(2)34-17)35(32,33)21-7-5-6-19(14-21)24(30)27-12-10-20(11-13-27)29-23-9-4-3-8-22(23)26-25(29)31/h3-9,14,17-18,20H,10-13,15-16H2,1-2H3,(H,26,31). The molecule has 0 spiro atoms. The van der Waals surface area contributed by atoms with Gasteiger partial charge in [-0.05, 0) is 57.0 Å². The fraction of sp³-hybridized carbons (Fsp3) is 0.440. The van der Waals surface area contributed by atoms with Gasteiger partial charge in [-0.2, -0.15) is 4.31 Å². The Morgan fingerprint density at radius 1 is 1.00 bits per heavy atom. The number of nitrogens with one attached hydrogen (secondary N) is 1. The molecule has 10 heteroatoms. The topological polar surface area (TPSA) is 105 Å². The van der Waals surface area contributed by atoms with Crippen molar-refractivity contribution in [1.29, 1.82) is 0 Å². The highest BCUT2D eigenvalue weighted by molar-refractivity contribution is 7.89. The van der Waals surface area contributed by atoms with Crippen LogP contribution in [-0.4, -0.2) is 71.5 Å². The molecular formula is C25H30N4O5S. The first kappa shape index (κ1) is 23.8. The molecule has 2 unspecified atom stereocenters. The molecule has 1 N–H and O–H groups in total. The lowest BCUT2D eigenvalue weighted by molar-refractivity contribution is -0.0440. The van der Waals surface area contributed by atoms with Gasteiger partial charge in [0.25, 0.3) is 5.91 Å². The lowest BCUT2D eigenvalue weighted by Gasteiger charge is -2.34. The maximum Gasteiger partial charge on any atom is 0.326 e. The Labute approximate surface area is 204 Å². The van der Waals surface area contributed by atoms with E-state index in [4.69, 9.17) is 4.74 Å². The molecule has 1 aromatic heterocycles. The zero-order valence-corrected chi connectivity index (χ0v) is 20.7. The number of ether oxygens (including phenoxy) is 1. The molecule has 2 saturated heterocycles. The average Bonchev–Trinajstić information content (AvgIpc) is 3.19. The Hall–Kier alpha value is -2.95. The van der Waals surface area contributed by atoms with Crippen LogP contribution in [0.1, 0.15) is 43.1 Å². The van der Waals surface area contributed by atoms with Gasteiger partial charge in [0.1, 0.15) is 0 Å². The van der Waals surface area contributed by atoms with Crippen molar-refractivity contribution in [3.63, 3.8) is 0 Å². The van der Waals surface area contributed by atoms with Gasteiger partial charge in [0, 0.05) is 37.8 Å². The van der Waals surface area contributed by atoms with Crippen LogP contribution >= 0.6 is 0 Å². The first-order valence-electron chi connectivity index (χ1n) is 12.0. The predicted molar refractivity (Wildman–Crippen MR) is 132 cm³/mol. The third-order valence-electron chi connectivity index (χ3n) is 6.85. The Bertz CT molecular complexity index is 1390. The number of rotatable bonds is 4. The van der Waals surface area contributed by atoms with Gasteiger partial charge in [-0.1, -0.05) is 18.2 Å². The SMILES string of the molecule is CC1CN(S(=O)(=O)c2cccc(C(=O)N3CCC(n4c(=O)[nH]c5ccccc54)CC3)c2)CC(C)O1. The van der Waals surface area contributed by atoms with Crippen molar-refractivity contribution in [1.82, 2.24) is 18.8 Å². The molecule has 0 aliphatic carbocycles. The number of sulfonamides is 1. The number of hydrogen-bond acceptors (Lipinski definition) is 5. The summed E-state index contributed by atoms with van der Waals surface area (Å²) >= 11 is 0. The van der Waals surface area contributed by atoms with Gasteiger partial charge in [0.2, 0.25) is 10.0 Å². The molecule has 2 aromatic carbocycles. The van der Waals surface area contributed by atoms with Crippen LogP contribution in [0.5, 0.6) is 0 Å². The fourth-order valence-electron chi connectivity index (χ4n) is 5.21. The summed E-state index contributed by atoms with van der Waals surface area (Å²) in [5.41, 5.74) is 1.88. The van der Waals surface area contributed by atoms with Crippen molar-refractivity contribution in [2.75, 3.05) is 26.2 Å². The van der Waals surface area contributed by atoms with Gasteiger partial charge in [-0.15, -0.1) is 0 Å². The molecule has 2 aliphatic heterocycles. The number of aromatic nitrogens is 2. The van der Waals surface area contributed by atoms with Crippen LogP contribution < -0.4 is 5.69 Å². The van der Waals surface area contributed by atoms with E-state index in [0.29, 0.717) is 31.5 Å². The van der Waals surface area contributed by atoms with Crippen LogP contribution in [0, 0.1) is 0 Å². The minimum Gasteiger partial charge on any atom is -0.373 e. The smallest absolute Gasteiger partial charge is 0.326 e. The van der Waals surface area contributed by atoms with E-state index in [0.717, 1.165) is 11.0 Å². The van der Waals surface area contributed by atoms with Crippen LogP contribution in [0.2, 0.25) is 0 Å². The minimum atomic E-state index is -3.74. The number of benzene rings is 2. The summed E-state index contributed by atoms with van der Waals surface area (Å²) in [6, 6.07) is 13.9. The number of imidazole rings is 1. The largest absolute Gasteiger partial charge is 0.373 e. The average molecular weight is 499 g/mol. The van der Waals surface area contributed by atoms with Gasteiger partial charge in [0.05, 0.1) is 28.1 Å². The summed E-state index contributed by atoms with van der Waals surface area (Å²) in [5, 5.41) is 0. The summed E-state index contributed by atoms with van der Waals surface area (Å²) in [7, 11) is -3.74. The molecule has 2 atom stereocenters. The Balaban J connectivity index is 1.31. The molecule has 1 amide bonds. The molecule has 5 rings (SSSR count). The normalized spacial score (nSPS) is 22.5. The van der Waals surface area contributed by atoms with E-state index < -0.39 is 10.0 Å². The quantitative estimate of drug-likeness (QED) is 0.595. The fourth-order valence-corrected chi connectivity index (χ4v) is 6.85.